The molecule has 0 spiro atoms. The number of rotatable bonds is 2. The Labute approximate surface area is 105 Å². The molecular formula is C13H12N4O. The predicted molar refractivity (Wildman–Crippen MR) is 67.1 cm³/mol. The van der Waals surface area contributed by atoms with Gasteiger partial charge in [-0.25, -0.2) is 9.97 Å². The van der Waals surface area contributed by atoms with Gasteiger partial charge in [0.05, 0.1) is 12.4 Å². The number of nitriles is 1. The summed E-state index contributed by atoms with van der Waals surface area (Å²) in [6, 6.07) is 5.60. The van der Waals surface area contributed by atoms with Crippen LogP contribution in [0.15, 0.2) is 24.5 Å². The fraction of sp³-hybridized carbons (Fsp3) is 0.154. The molecule has 0 radical (unpaired) electrons. The van der Waals surface area contributed by atoms with E-state index in [0.717, 1.165) is 16.8 Å². The van der Waals surface area contributed by atoms with E-state index in [-0.39, 0.29) is 5.69 Å². The van der Waals surface area contributed by atoms with Crippen molar-refractivity contribution in [2.24, 2.45) is 0 Å². The molecule has 0 aliphatic heterocycles. The molecule has 0 unspecified atom stereocenters. The van der Waals surface area contributed by atoms with Gasteiger partial charge in [-0.15, -0.1) is 0 Å². The number of nitrogens with zero attached hydrogens (tertiary/aromatic N) is 3. The Kier molecular flexibility index (Phi) is 3.11. The van der Waals surface area contributed by atoms with E-state index in [9.17, 15) is 0 Å². The summed E-state index contributed by atoms with van der Waals surface area (Å²) in [6.07, 6.45) is 2.79. The third-order valence-electron chi connectivity index (χ3n) is 2.52. The van der Waals surface area contributed by atoms with Gasteiger partial charge in [-0.3, -0.25) is 0 Å². The van der Waals surface area contributed by atoms with E-state index < -0.39 is 0 Å². The van der Waals surface area contributed by atoms with Crippen LogP contribution in [0.25, 0.3) is 0 Å². The first kappa shape index (κ1) is 11.9. The van der Waals surface area contributed by atoms with Gasteiger partial charge in [0.15, 0.2) is 5.69 Å². The third kappa shape index (κ3) is 2.38. The van der Waals surface area contributed by atoms with Gasteiger partial charge < -0.3 is 10.5 Å². The number of hydrogen-bond acceptors (Lipinski definition) is 5. The summed E-state index contributed by atoms with van der Waals surface area (Å²) in [5, 5.41) is 8.62. The van der Waals surface area contributed by atoms with Crippen molar-refractivity contribution in [1.29, 1.82) is 5.26 Å². The summed E-state index contributed by atoms with van der Waals surface area (Å²) in [4.78, 5) is 7.89. The van der Waals surface area contributed by atoms with Crippen LogP contribution < -0.4 is 10.5 Å². The molecule has 0 amide bonds. The predicted octanol–water partition coefficient (Wildman–Crippen LogP) is 2.34. The Balaban J connectivity index is 2.28. The molecule has 0 bridgehead atoms. The van der Waals surface area contributed by atoms with Gasteiger partial charge in [0.25, 0.3) is 0 Å². The number of hydrogen-bond donors (Lipinski definition) is 1. The Morgan fingerprint density at radius 2 is 1.94 bits per heavy atom. The second-order valence-electron chi connectivity index (χ2n) is 3.93. The summed E-state index contributed by atoms with van der Waals surface area (Å²) >= 11 is 0. The minimum atomic E-state index is 0.257. The highest BCUT2D eigenvalue weighted by Gasteiger charge is 2.06. The minimum absolute atomic E-state index is 0.257. The van der Waals surface area contributed by atoms with Crippen molar-refractivity contribution in [3.05, 3.63) is 41.3 Å². The van der Waals surface area contributed by atoms with E-state index in [2.05, 4.69) is 9.97 Å². The second-order valence-corrected chi connectivity index (χ2v) is 3.93. The normalized spacial score (nSPS) is 9.83. The number of benzene rings is 1. The molecule has 1 heterocycles. The Hall–Kier alpha value is -2.61. The lowest BCUT2D eigenvalue weighted by atomic mass is 10.1. The molecule has 2 aromatic rings. The van der Waals surface area contributed by atoms with Crippen molar-refractivity contribution in [2.45, 2.75) is 13.8 Å². The van der Waals surface area contributed by atoms with Crippen molar-refractivity contribution >= 4 is 5.69 Å². The summed E-state index contributed by atoms with van der Waals surface area (Å²) in [6.45, 7) is 3.81. The van der Waals surface area contributed by atoms with E-state index in [0.29, 0.717) is 11.6 Å². The highest BCUT2D eigenvalue weighted by molar-refractivity contribution is 5.54. The quantitative estimate of drug-likeness (QED) is 0.814. The molecule has 5 heteroatoms. The summed E-state index contributed by atoms with van der Waals surface area (Å²) in [5.74, 6) is 1.03. The summed E-state index contributed by atoms with van der Waals surface area (Å²) in [5.41, 5.74) is 8.65. The average molecular weight is 240 g/mol. The van der Waals surface area contributed by atoms with Crippen LogP contribution in [0.1, 0.15) is 16.8 Å². The maximum atomic E-state index is 8.62. The van der Waals surface area contributed by atoms with E-state index >= 15 is 0 Å². The molecule has 2 N–H and O–H groups in total. The van der Waals surface area contributed by atoms with Crippen LogP contribution in [0, 0.1) is 25.2 Å². The van der Waals surface area contributed by atoms with Crippen LogP contribution in [0.2, 0.25) is 0 Å². The molecule has 90 valence electrons. The fourth-order valence-electron chi connectivity index (χ4n) is 1.46. The number of nitrogens with two attached hydrogens (primary N) is 1. The van der Waals surface area contributed by atoms with Crippen LogP contribution in [0.4, 0.5) is 5.69 Å². The summed E-state index contributed by atoms with van der Waals surface area (Å²) < 4.78 is 5.61. The van der Waals surface area contributed by atoms with Crippen LogP contribution in [-0.2, 0) is 0 Å². The standard InChI is InChI=1S/C13H12N4O/c1-8-4-12(9(2)3-11(8)15)18-13-7-16-10(5-14)6-17-13/h3-4,6-7H,15H2,1-2H3. The third-order valence-corrected chi connectivity index (χ3v) is 2.52. The molecule has 0 aliphatic rings. The minimum Gasteiger partial charge on any atom is -0.437 e. The number of ether oxygens (including phenoxy) is 1. The van der Waals surface area contributed by atoms with Crippen molar-refractivity contribution < 1.29 is 4.74 Å². The maximum Gasteiger partial charge on any atom is 0.237 e. The molecule has 1 aromatic carbocycles. The van der Waals surface area contributed by atoms with Crippen molar-refractivity contribution in [3.8, 4) is 17.7 Å². The van der Waals surface area contributed by atoms with Gasteiger partial charge in [0.2, 0.25) is 5.88 Å². The lowest BCUT2D eigenvalue weighted by molar-refractivity contribution is 0.456. The highest BCUT2D eigenvalue weighted by atomic mass is 16.5. The van der Waals surface area contributed by atoms with Crippen LogP contribution in [0.3, 0.4) is 0 Å². The van der Waals surface area contributed by atoms with Crippen molar-refractivity contribution in [2.75, 3.05) is 5.73 Å². The number of anilines is 1. The van der Waals surface area contributed by atoms with Crippen LogP contribution in [-0.4, -0.2) is 9.97 Å². The Morgan fingerprint density at radius 3 is 2.56 bits per heavy atom. The van der Waals surface area contributed by atoms with E-state index in [1.165, 1.54) is 12.4 Å². The topological polar surface area (TPSA) is 84.8 Å². The van der Waals surface area contributed by atoms with Crippen LogP contribution >= 0.6 is 0 Å². The van der Waals surface area contributed by atoms with Crippen molar-refractivity contribution in [3.63, 3.8) is 0 Å². The van der Waals surface area contributed by atoms with E-state index in [1.807, 2.05) is 32.0 Å². The second kappa shape index (κ2) is 4.72. The van der Waals surface area contributed by atoms with E-state index in [1.54, 1.807) is 0 Å². The molecule has 2 rings (SSSR count). The van der Waals surface area contributed by atoms with Gasteiger partial charge in [-0.05, 0) is 37.1 Å². The zero-order valence-electron chi connectivity index (χ0n) is 10.1. The Morgan fingerprint density at radius 1 is 1.17 bits per heavy atom. The smallest absolute Gasteiger partial charge is 0.237 e. The number of aryl methyl sites for hydroxylation is 2. The molecule has 5 nitrogen and oxygen atoms in total. The molecule has 18 heavy (non-hydrogen) atoms. The van der Waals surface area contributed by atoms with Gasteiger partial charge >= 0.3 is 0 Å². The number of nitrogen functional groups attached to an aromatic ring is 1. The molecule has 0 saturated carbocycles. The molecule has 0 aliphatic carbocycles. The lowest BCUT2D eigenvalue weighted by Crippen LogP contribution is -1.96. The first-order valence-corrected chi connectivity index (χ1v) is 5.37. The highest BCUT2D eigenvalue weighted by Crippen LogP contribution is 2.27. The largest absolute Gasteiger partial charge is 0.437 e. The molecule has 1 aromatic heterocycles. The van der Waals surface area contributed by atoms with Crippen LogP contribution in [0.5, 0.6) is 11.6 Å². The SMILES string of the molecule is Cc1cc(Oc2cnc(C#N)cn2)c(C)cc1N. The van der Waals surface area contributed by atoms with Gasteiger partial charge in [0.1, 0.15) is 11.8 Å². The molecule has 0 atom stereocenters. The fourth-order valence-corrected chi connectivity index (χ4v) is 1.46. The zero-order chi connectivity index (χ0) is 13.1. The number of aromatic nitrogens is 2. The van der Waals surface area contributed by atoms with Crippen molar-refractivity contribution in [1.82, 2.24) is 9.97 Å². The van der Waals surface area contributed by atoms with Gasteiger partial charge in [-0.2, -0.15) is 5.26 Å². The first-order chi connectivity index (χ1) is 8.60. The lowest BCUT2D eigenvalue weighted by Gasteiger charge is -2.10. The monoisotopic (exact) mass is 240 g/mol. The first-order valence-electron chi connectivity index (χ1n) is 5.37. The average Bonchev–Trinajstić information content (AvgIpc) is 2.37. The van der Waals surface area contributed by atoms with Gasteiger partial charge in [-0.1, -0.05) is 0 Å². The maximum absolute atomic E-state index is 8.62. The van der Waals surface area contributed by atoms with E-state index in [4.69, 9.17) is 15.7 Å². The molecule has 0 fully saturated rings. The Bertz CT molecular complexity index is 614. The molecular weight excluding hydrogens is 228 g/mol. The molecule has 0 saturated heterocycles. The zero-order valence-corrected chi connectivity index (χ0v) is 10.1. The summed E-state index contributed by atoms with van der Waals surface area (Å²) in [7, 11) is 0. The van der Waals surface area contributed by atoms with Gasteiger partial charge in [0, 0.05) is 5.69 Å².